The second-order valence-corrected chi connectivity index (χ2v) is 6.96. The predicted molar refractivity (Wildman–Crippen MR) is 103 cm³/mol. The van der Waals surface area contributed by atoms with Gasteiger partial charge in [0.2, 0.25) is 0 Å². The summed E-state index contributed by atoms with van der Waals surface area (Å²) in [7, 11) is 0. The van der Waals surface area contributed by atoms with Crippen LogP contribution in [-0.2, 0) is 11.3 Å². The van der Waals surface area contributed by atoms with Gasteiger partial charge in [0, 0.05) is 24.7 Å². The van der Waals surface area contributed by atoms with Crippen molar-refractivity contribution < 1.29 is 18.7 Å². The van der Waals surface area contributed by atoms with Gasteiger partial charge in [-0.1, -0.05) is 11.6 Å². The molecule has 1 saturated heterocycles. The van der Waals surface area contributed by atoms with Gasteiger partial charge in [-0.25, -0.2) is 0 Å². The van der Waals surface area contributed by atoms with Crippen molar-refractivity contribution in [2.45, 2.75) is 20.0 Å². The highest BCUT2D eigenvalue weighted by molar-refractivity contribution is 6.30. The van der Waals surface area contributed by atoms with Crippen LogP contribution in [0, 0.1) is 6.92 Å². The molecule has 1 aromatic heterocycles. The van der Waals surface area contributed by atoms with E-state index in [0.717, 1.165) is 50.6 Å². The molecule has 2 aromatic rings. The number of carbonyl (C=O) groups excluding carboxylic acids is 1. The summed E-state index contributed by atoms with van der Waals surface area (Å²) >= 11 is 5.94. The summed E-state index contributed by atoms with van der Waals surface area (Å²) in [5.41, 5.74) is 0.951. The fourth-order valence-corrected chi connectivity index (χ4v) is 3.14. The van der Waals surface area contributed by atoms with E-state index < -0.39 is 0 Å². The van der Waals surface area contributed by atoms with Gasteiger partial charge in [0.25, 0.3) is 5.91 Å². The number of hydrogen-bond donors (Lipinski definition) is 1. The van der Waals surface area contributed by atoms with Crippen LogP contribution in [0.2, 0.25) is 5.02 Å². The van der Waals surface area contributed by atoms with Crippen molar-refractivity contribution in [3.63, 3.8) is 0 Å². The smallest absolute Gasteiger partial charge is 0.286 e. The first-order chi connectivity index (χ1) is 13.1. The molecule has 1 N–H and O–H groups in total. The third kappa shape index (κ3) is 5.99. The molecule has 0 unspecified atom stereocenters. The Morgan fingerprint density at radius 2 is 2.07 bits per heavy atom. The van der Waals surface area contributed by atoms with Crippen LogP contribution in [0.4, 0.5) is 0 Å². The Morgan fingerprint density at radius 1 is 1.26 bits per heavy atom. The van der Waals surface area contributed by atoms with E-state index >= 15 is 0 Å². The molecular formula is C20H25ClN2O4. The number of ether oxygens (including phenoxy) is 2. The van der Waals surface area contributed by atoms with Gasteiger partial charge in [0.1, 0.15) is 18.1 Å². The van der Waals surface area contributed by atoms with E-state index in [1.807, 2.05) is 19.1 Å². The standard InChI is InChI=1S/C20H25ClN2O4/c1-15-13-16(21)3-5-18(15)26-14-17-4-6-19(27-17)20(24)22-7-2-8-23-9-11-25-12-10-23/h3-6,13H,2,7-12,14H2,1H3,(H,22,24). The molecule has 0 radical (unpaired) electrons. The summed E-state index contributed by atoms with van der Waals surface area (Å²) < 4.78 is 16.6. The lowest BCUT2D eigenvalue weighted by Crippen LogP contribution is -2.38. The minimum atomic E-state index is -0.203. The van der Waals surface area contributed by atoms with E-state index in [1.54, 1.807) is 18.2 Å². The Bertz CT molecular complexity index is 756. The predicted octanol–water partition coefficient (Wildman–Crippen LogP) is 3.27. The zero-order valence-corrected chi connectivity index (χ0v) is 16.3. The van der Waals surface area contributed by atoms with Gasteiger partial charge in [-0.2, -0.15) is 0 Å². The van der Waals surface area contributed by atoms with Crippen LogP contribution in [0.15, 0.2) is 34.7 Å². The lowest BCUT2D eigenvalue weighted by molar-refractivity contribution is 0.0374. The highest BCUT2D eigenvalue weighted by Gasteiger charge is 2.13. The maximum absolute atomic E-state index is 12.2. The number of nitrogens with zero attached hydrogens (tertiary/aromatic N) is 1. The summed E-state index contributed by atoms with van der Waals surface area (Å²) in [5.74, 6) is 1.44. The topological polar surface area (TPSA) is 63.9 Å². The van der Waals surface area contributed by atoms with Crippen molar-refractivity contribution in [3.8, 4) is 5.75 Å². The van der Waals surface area contributed by atoms with Gasteiger partial charge in [-0.3, -0.25) is 9.69 Å². The molecule has 0 aliphatic carbocycles. The molecule has 1 aliphatic heterocycles. The number of nitrogens with one attached hydrogen (secondary N) is 1. The van der Waals surface area contributed by atoms with Crippen LogP contribution in [0.25, 0.3) is 0 Å². The molecular weight excluding hydrogens is 368 g/mol. The molecule has 1 aromatic carbocycles. The summed E-state index contributed by atoms with van der Waals surface area (Å²) in [6.45, 7) is 7.27. The first kappa shape index (κ1) is 19.7. The summed E-state index contributed by atoms with van der Waals surface area (Å²) in [4.78, 5) is 14.5. The Hall–Kier alpha value is -2.02. The SMILES string of the molecule is Cc1cc(Cl)ccc1OCc1ccc(C(=O)NCCCN2CCOCC2)o1. The van der Waals surface area contributed by atoms with Crippen LogP contribution in [0.1, 0.15) is 28.3 Å². The van der Waals surface area contributed by atoms with Crippen LogP contribution in [0.5, 0.6) is 5.75 Å². The second-order valence-electron chi connectivity index (χ2n) is 6.53. The Labute approximate surface area is 164 Å². The van der Waals surface area contributed by atoms with Crippen molar-refractivity contribution in [3.05, 3.63) is 52.4 Å². The average molecular weight is 393 g/mol. The lowest BCUT2D eigenvalue weighted by atomic mass is 10.2. The molecule has 0 bridgehead atoms. The Balaban J connectivity index is 1.40. The maximum Gasteiger partial charge on any atom is 0.286 e. The number of morpholine rings is 1. The number of rotatable bonds is 8. The third-order valence-corrected chi connectivity index (χ3v) is 4.67. The number of halogens is 1. The highest BCUT2D eigenvalue weighted by Crippen LogP contribution is 2.23. The van der Waals surface area contributed by atoms with E-state index in [9.17, 15) is 4.79 Å². The lowest BCUT2D eigenvalue weighted by Gasteiger charge is -2.26. The van der Waals surface area contributed by atoms with Gasteiger partial charge in [-0.15, -0.1) is 0 Å². The minimum absolute atomic E-state index is 0.203. The quantitative estimate of drug-likeness (QED) is 0.698. The largest absolute Gasteiger partial charge is 0.485 e. The number of furan rings is 1. The first-order valence-electron chi connectivity index (χ1n) is 9.18. The summed E-state index contributed by atoms with van der Waals surface area (Å²) in [6, 6.07) is 8.87. The molecule has 0 atom stereocenters. The van der Waals surface area contributed by atoms with Crippen LogP contribution < -0.4 is 10.1 Å². The molecule has 2 heterocycles. The molecule has 146 valence electrons. The number of aryl methyl sites for hydroxylation is 1. The second kappa shape index (κ2) is 9.78. The van der Waals surface area contributed by atoms with Crippen molar-refractivity contribution in [2.24, 2.45) is 0 Å². The molecule has 0 saturated carbocycles. The monoisotopic (exact) mass is 392 g/mol. The van der Waals surface area contributed by atoms with Crippen molar-refractivity contribution in [2.75, 3.05) is 39.4 Å². The highest BCUT2D eigenvalue weighted by atomic mass is 35.5. The van der Waals surface area contributed by atoms with Gasteiger partial charge >= 0.3 is 0 Å². The van der Waals surface area contributed by atoms with E-state index in [2.05, 4.69) is 10.2 Å². The number of benzene rings is 1. The summed E-state index contributed by atoms with van der Waals surface area (Å²) in [5, 5.41) is 3.57. The minimum Gasteiger partial charge on any atom is -0.485 e. The third-order valence-electron chi connectivity index (χ3n) is 4.43. The van der Waals surface area contributed by atoms with Crippen molar-refractivity contribution in [1.29, 1.82) is 0 Å². The maximum atomic E-state index is 12.2. The van der Waals surface area contributed by atoms with Gasteiger partial charge in [-0.05, 0) is 55.8 Å². The van der Waals surface area contributed by atoms with Crippen LogP contribution in [-0.4, -0.2) is 50.2 Å². The number of carbonyl (C=O) groups is 1. The van der Waals surface area contributed by atoms with Gasteiger partial charge in [0.05, 0.1) is 13.2 Å². The van der Waals surface area contributed by atoms with E-state index in [4.69, 9.17) is 25.5 Å². The Morgan fingerprint density at radius 3 is 2.85 bits per heavy atom. The average Bonchev–Trinajstić information content (AvgIpc) is 3.14. The molecule has 1 fully saturated rings. The normalized spacial score (nSPS) is 14.9. The van der Waals surface area contributed by atoms with Gasteiger partial charge in [0.15, 0.2) is 5.76 Å². The molecule has 7 heteroatoms. The molecule has 1 amide bonds. The van der Waals surface area contributed by atoms with E-state index in [1.165, 1.54) is 0 Å². The molecule has 27 heavy (non-hydrogen) atoms. The fraction of sp³-hybridized carbons (Fsp3) is 0.450. The Kier molecular flexibility index (Phi) is 7.15. The summed E-state index contributed by atoms with van der Waals surface area (Å²) in [6.07, 6.45) is 0.901. The zero-order valence-electron chi connectivity index (χ0n) is 15.5. The van der Waals surface area contributed by atoms with Crippen molar-refractivity contribution >= 4 is 17.5 Å². The molecule has 3 rings (SSSR count). The van der Waals surface area contributed by atoms with E-state index in [-0.39, 0.29) is 12.5 Å². The first-order valence-corrected chi connectivity index (χ1v) is 9.55. The number of hydrogen-bond acceptors (Lipinski definition) is 5. The van der Waals surface area contributed by atoms with E-state index in [0.29, 0.717) is 23.1 Å². The number of amides is 1. The van der Waals surface area contributed by atoms with Crippen LogP contribution in [0.3, 0.4) is 0 Å². The molecule has 1 aliphatic rings. The van der Waals surface area contributed by atoms with Crippen LogP contribution >= 0.6 is 11.6 Å². The zero-order chi connectivity index (χ0) is 19.1. The van der Waals surface area contributed by atoms with Gasteiger partial charge < -0.3 is 19.2 Å². The molecule has 0 spiro atoms. The van der Waals surface area contributed by atoms with Crippen molar-refractivity contribution in [1.82, 2.24) is 10.2 Å². The fourth-order valence-electron chi connectivity index (χ4n) is 2.92. The molecule has 6 nitrogen and oxygen atoms in total.